The number of carbonyl (C=O) groups excluding carboxylic acids is 3. The number of Topliss-reactive ketones (excluding diaryl/α,β-unsaturated/α-hetero) is 1. The first-order valence-electron chi connectivity index (χ1n) is 5.48. The van der Waals surface area contributed by atoms with Crippen LogP contribution in [-0.4, -0.2) is 30.8 Å². The molecule has 0 aliphatic rings. The molecule has 0 spiro atoms. The number of esters is 1. The van der Waals surface area contributed by atoms with Crippen LogP contribution in [0.5, 0.6) is 0 Å². The van der Waals surface area contributed by atoms with E-state index in [0.29, 0.717) is 19.3 Å². The number of rotatable bonds is 8. The number of nitrogens with one attached hydrogen (secondary N) is 1. The molecule has 0 fully saturated rings. The maximum atomic E-state index is 11.1. The standard InChI is InChI=1S/C11H19NO4/c1-3-5-10(14)12-8-11(15)16-7-4-6-9(2)13/h3-8H2,1-2H3,(H,12,14). The van der Waals surface area contributed by atoms with Crippen LogP contribution >= 0.6 is 0 Å². The molecule has 0 saturated heterocycles. The predicted molar refractivity (Wildman–Crippen MR) is 58.8 cm³/mol. The molecule has 1 amide bonds. The highest BCUT2D eigenvalue weighted by molar-refractivity contribution is 5.81. The Morgan fingerprint density at radius 3 is 2.44 bits per heavy atom. The Hall–Kier alpha value is -1.39. The van der Waals surface area contributed by atoms with Crippen LogP contribution in [0.3, 0.4) is 0 Å². The first-order chi connectivity index (χ1) is 7.56. The third-order valence-corrected chi connectivity index (χ3v) is 1.84. The van der Waals surface area contributed by atoms with E-state index in [-0.39, 0.29) is 24.8 Å². The predicted octanol–water partition coefficient (Wildman–Crippen LogP) is 0.815. The van der Waals surface area contributed by atoms with E-state index >= 15 is 0 Å². The number of ether oxygens (including phenoxy) is 1. The summed E-state index contributed by atoms with van der Waals surface area (Å²) in [5.41, 5.74) is 0. The Kier molecular flexibility index (Phi) is 8.11. The second-order valence-corrected chi connectivity index (χ2v) is 3.55. The van der Waals surface area contributed by atoms with Gasteiger partial charge in [-0.25, -0.2) is 0 Å². The van der Waals surface area contributed by atoms with Crippen LogP contribution in [0.1, 0.15) is 39.5 Å². The summed E-state index contributed by atoms with van der Waals surface area (Å²) >= 11 is 0. The Labute approximate surface area is 95.5 Å². The lowest BCUT2D eigenvalue weighted by Crippen LogP contribution is -2.30. The maximum Gasteiger partial charge on any atom is 0.325 e. The third-order valence-electron chi connectivity index (χ3n) is 1.84. The quantitative estimate of drug-likeness (QED) is 0.494. The SMILES string of the molecule is CCCC(=O)NCC(=O)OCCCC(C)=O. The van der Waals surface area contributed by atoms with Crippen molar-refractivity contribution in [2.45, 2.75) is 39.5 Å². The van der Waals surface area contributed by atoms with Crippen molar-refractivity contribution in [3.05, 3.63) is 0 Å². The molecule has 16 heavy (non-hydrogen) atoms. The summed E-state index contributed by atoms with van der Waals surface area (Å²) in [4.78, 5) is 32.7. The van der Waals surface area contributed by atoms with E-state index < -0.39 is 5.97 Å². The second kappa shape index (κ2) is 8.88. The van der Waals surface area contributed by atoms with Gasteiger partial charge in [0.15, 0.2) is 0 Å². The van der Waals surface area contributed by atoms with Crippen LogP contribution < -0.4 is 5.32 Å². The van der Waals surface area contributed by atoms with E-state index in [1.54, 1.807) is 0 Å². The van der Waals surface area contributed by atoms with Crippen LogP contribution in [0.4, 0.5) is 0 Å². The minimum atomic E-state index is -0.465. The van der Waals surface area contributed by atoms with Gasteiger partial charge in [-0.2, -0.15) is 0 Å². The summed E-state index contributed by atoms with van der Waals surface area (Å²) in [6, 6.07) is 0. The highest BCUT2D eigenvalue weighted by atomic mass is 16.5. The number of carbonyl (C=O) groups is 3. The molecular weight excluding hydrogens is 210 g/mol. The lowest BCUT2D eigenvalue weighted by molar-refractivity contribution is -0.144. The highest BCUT2D eigenvalue weighted by Crippen LogP contribution is 1.92. The molecule has 0 saturated carbocycles. The molecule has 1 N–H and O–H groups in total. The third kappa shape index (κ3) is 9.18. The molecule has 0 aromatic carbocycles. The van der Waals surface area contributed by atoms with E-state index in [4.69, 9.17) is 4.74 Å². The van der Waals surface area contributed by atoms with Crippen molar-refractivity contribution < 1.29 is 19.1 Å². The Morgan fingerprint density at radius 2 is 1.88 bits per heavy atom. The van der Waals surface area contributed by atoms with E-state index in [2.05, 4.69) is 5.32 Å². The number of amides is 1. The molecule has 0 bridgehead atoms. The van der Waals surface area contributed by atoms with Gasteiger partial charge in [-0.05, 0) is 19.8 Å². The van der Waals surface area contributed by atoms with Crippen molar-refractivity contribution in [2.75, 3.05) is 13.2 Å². The zero-order valence-corrected chi connectivity index (χ0v) is 9.88. The molecule has 0 radical (unpaired) electrons. The van der Waals surface area contributed by atoms with Crippen LogP contribution in [0.2, 0.25) is 0 Å². The van der Waals surface area contributed by atoms with Gasteiger partial charge in [0.2, 0.25) is 5.91 Å². The summed E-state index contributed by atoms with van der Waals surface area (Å²) in [5.74, 6) is -0.538. The molecule has 0 aliphatic carbocycles. The summed E-state index contributed by atoms with van der Waals surface area (Å²) < 4.78 is 4.82. The average Bonchev–Trinajstić information content (AvgIpc) is 2.22. The minimum absolute atomic E-state index is 0.0762. The van der Waals surface area contributed by atoms with Crippen LogP contribution in [0, 0.1) is 0 Å². The van der Waals surface area contributed by atoms with Crippen molar-refractivity contribution >= 4 is 17.7 Å². The van der Waals surface area contributed by atoms with Gasteiger partial charge in [0.1, 0.15) is 12.3 Å². The number of hydrogen-bond acceptors (Lipinski definition) is 4. The monoisotopic (exact) mass is 229 g/mol. The zero-order chi connectivity index (χ0) is 12.4. The molecular formula is C11H19NO4. The van der Waals surface area contributed by atoms with Gasteiger partial charge >= 0.3 is 5.97 Å². The van der Waals surface area contributed by atoms with Crippen molar-refractivity contribution in [2.24, 2.45) is 0 Å². The van der Waals surface area contributed by atoms with Crippen molar-refractivity contribution in [1.29, 1.82) is 0 Å². The van der Waals surface area contributed by atoms with E-state index in [1.165, 1.54) is 6.92 Å². The lowest BCUT2D eigenvalue weighted by atomic mass is 10.2. The second-order valence-electron chi connectivity index (χ2n) is 3.55. The fourth-order valence-corrected chi connectivity index (χ4v) is 1.04. The normalized spacial score (nSPS) is 9.62. The van der Waals surface area contributed by atoms with Gasteiger partial charge in [0.25, 0.3) is 0 Å². The molecule has 92 valence electrons. The van der Waals surface area contributed by atoms with E-state index in [1.807, 2.05) is 6.92 Å². The smallest absolute Gasteiger partial charge is 0.325 e. The first kappa shape index (κ1) is 14.6. The lowest BCUT2D eigenvalue weighted by Gasteiger charge is -2.05. The minimum Gasteiger partial charge on any atom is -0.464 e. The molecule has 0 aromatic heterocycles. The summed E-state index contributed by atoms with van der Waals surface area (Å²) in [6.45, 7) is 3.51. The van der Waals surface area contributed by atoms with E-state index in [9.17, 15) is 14.4 Å². The van der Waals surface area contributed by atoms with Crippen LogP contribution in [0.15, 0.2) is 0 Å². The van der Waals surface area contributed by atoms with Gasteiger partial charge in [0, 0.05) is 12.8 Å². The molecule has 5 heteroatoms. The van der Waals surface area contributed by atoms with Gasteiger partial charge in [0.05, 0.1) is 6.61 Å². The molecule has 0 aliphatic heterocycles. The number of ketones is 1. The molecule has 0 heterocycles. The van der Waals surface area contributed by atoms with Gasteiger partial charge in [-0.1, -0.05) is 6.92 Å². The summed E-state index contributed by atoms with van der Waals surface area (Å²) in [7, 11) is 0. The Morgan fingerprint density at radius 1 is 1.19 bits per heavy atom. The van der Waals surface area contributed by atoms with Crippen molar-refractivity contribution in [1.82, 2.24) is 5.32 Å². The molecule has 0 atom stereocenters. The summed E-state index contributed by atoms with van der Waals surface area (Å²) in [5, 5.41) is 2.45. The van der Waals surface area contributed by atoms with Crippen LogP contribution in [-0.2, 0) is 19.1 Å². The molecule has 0 rings (SSSR count). The fourth-order valence-electron chi connectivity index (χ4n) is 1.04. The van der Waals surface area contributed by atoms with Crippen molar-refractivity contribution in [3.63, 3.8) is 0 Å². The first-order valence-corrected chi connectivity index (χ1v) is 5.48. The topological polar surface area (TPSA) is 72.5 Å². The molecule has 0 unspecified atom stereocenters. The van der Waals surface area contributed by atoms with Gasteiger partial charge < -0.3 is 14.8 Å². The fraction of sp³-hybridized carbons (Fsp3) is 0.727. The zero-order valence-electron chi connectivity index (χ0n) is 9.88. The van der Waals surface area contributed by atoms with Gasteiger partial charge in [-0.3, -0.25) is 9.59 Å². The number of hydrogen-bond donors (Lipinski definition) is 1. The average molecular weight is 229 g/mol. The summed E-state index contributed by atoms with van der Waals surface area (Å²) in [6.07, 6.45) is 2.11. The van der Waals surface area contributed by atoms with Crippen LogP contribution in [0.25, 0.3) is 0 Å². The maximum absolute atomic E-state index is 11.1. The van der Waals surface area contributed by atoms with E-state index in [0.717, 1.165) is 6.42 Å². The van der Waals surface area contributed by atoms with Crippen molar-refractivity contribution in [3.8, 4) is 0 Å². The Balaban J connectivity index is 3.44. The molecule has 0 aromatic rings. The molecule has 5 nitrogen and oxygen atoms in total. The largest absolute Gasteiger partial charge is 0.464 e. The highest BCUT2D eigenvalue weighted by Gasteiger charge is 2.05. The Bertz CT molecular complexity index is 250. The van der Waals surface area contributed by atoms with Gasteiger partial charge in [-0.15, -0.1) is 0 Å².